The van der Waals surface area contributed by atoms with E-state index < -0.39 is 0 Å². The van der Waals surface area contributed by atoms with Crippen LogP contribution >= 0.6 is 24.0 Å². The molecule has 32 heavy (non-hydrogen) atoms. The van der Waals surface area contributed by atoms with Gasteiger partial charge in [-0.2, -0.15) is 0 Å². The lowest BCUT2D eigenvalue weighted by Crippen LogP contribution is -2.45. The number of piperazine rings is 1. The van der Waals surface area contributed by atoms with E-state index in [0.29, 0.717) is 32.8 Å². The molecule has 5 heterocycles. The van der Waals surface area contributed by atoms with Gasteiger partial charge in [0.05, 0.1) is 23.1 Å². The molecule has 0 radical (unpaired) electrons. The molecule has 2 aromatic rings. The van der Waals surface area contributed by atoms with E-state index in [-0.39, 0.29) is 17.6 Å². The van der Waals surface area contributed by atoms with Crippen LogP contribution in [0.2, 0.25) is 0 Å². The lowest BCUT2D eigenvalue weighted by atomic mass is 10.2. The normalized spacial score (nSPS) is 23.8. The third-order valence-corrected chi connectivity index (χ3v) is 7.49. The first kappa shape index (κ1) is 21.6. The lowest BCUT2D eigenvalue weighted by Gasteiger charge is -2.34. The van der Waals surface area contributed by atoms with Gasteiger partial charge in [-0.15, -0.1) is 0 Å². The molecule has 2 aromatic heterocycles. The second-order valence-corrected chi connectivity index (χ2v) is 9.98. The number of carbonyl (C=O) groups excluding carboxylic acids is 1. The van der Waals surface area contributed by atoms with Crippen LogP contribution in [0.1, 0.15) is 18.4 Å². The van der Waals surface area contributed by atoms with Crippen LogP contribution in [-0.4, -0.2) is 81.9 Å². The first-order chi connectivity index (χ1) is 15.5. The van der Waals surface area contributed by atoms with Crippen molar-refractivity contribution in [3.05, 3.63) is 45.2 Å². The number of hydrogen-bond donors (Lipinski definition) is 0. The summed E-state index contributed by atoms with van der Waals surface area (Å²) in [5.41, 5.74) is 0.833. The highest BCUT2D eigenvalue weighted by atomic mass is 32.2. The highest BCUT2D eigenvalue weighted by molar-refractivity contribution is 8.26. The largest absolute Gasteiger partial charge is 0.376 e. The number of amides is 1. The predicted molar refractivity (Wildman–Crippen MR) is 130 cm³/mol. The molecule has 0 aromatic carbocycles. The third-order valence-electron chi connectivity index (χ3n) is 6.11. The fraction of sp³-hybridized carbons (Fsp3) is 0.455. The zero-order valence-electron chi connectivity index (χ0n) is 17.9. The van der Waals surface area contributed by atoms with Crippen molar-refractivity contribution < 1.29 is 9.53 Å². The van der Waals surface area contributed by atoms with E-state index in [2.05, 4.69) is 16.8 Å². The van der Waals surface area contributed by atoms with Crippen molar-refractivity contribution in [2.45, 2.75) is 18.9 Å². The molecule has 5 rings (SSSR count). The number of fused-ring (bicyclic) bond motifs is 1. The average molecular weight is 472 g/mol. The molecule has 0 spiro atoms. The summed E-state index contributed by atoms with van der Waals surface area (Å²) in [6, 6.07) is 5.49. The lowest BCUT2D eigenvalue weighted by molar-refractivity contribution is -0.123. The van der Waals surface area contributed by atoms with Crippen molar-refractivity contribution in [3.8, 4) is 0 Å². The van der Waals surface area contributed by atoms with Gasteiger partial charge < -0.3 is 14.5 Å². The van der Waals surface area contributed by atoms with Crippen LogP contribution < -0.4 is 10.5 Å². The van der Waals surface area contributed by atoms with Gasteiger partial charge in [0, 0.05) is 39.0 Å². The molecule has 0 N–H and O–H groups in total. The van der Waals surface area contributed by atoms with Crippen LogP contribution in [0.4, 0.5) is 5.82 Å². The molecule has 1 atom stereocenters. The Morgan fingerprint density at radius 3 is 2.81 bits per heavy atom. The molecule has 3 saturated heterocycles. The molecule has 3 aliphatic rings. The Kier molecular flexibility index (Phi) is 6.02. The van der Waals surface area contributed by atoms with Crippen LogP contribution in [0.5, 0.6) is 0 Å². The van der Waals surface area contributed by atoms with Gasteiger partial charge in [0.2, 0.25) is 0 Å². The minimum absolute atomic E-state index is 0.0192. The van der Waals surface area contributed by atoms with Gasteiger partial charge in [0.1, 0.15) is 15.8 Å². The van der Waals surface area contributed by atoms with E-state index in [9.17, 15) is 9.59 Å². The zero-order valence-corrected chi connectivity index (χ0v) is 19.5. The van der Waals surface area contributed by atoms with Crippen molar-refractivity contribution in [2.75, 3.05) is 51.3 Å². The number of ether oxygens (including phenoxy) is 1. The Hall–Kier alpha value is -2.27. The zero-order chi connectivity index (χ0) is 22.2. The Bertz CT molecular complexity index is 1150. The topological polar surface area (TPSA) is 70.4 Å². The van der Waals surface area contributed by atoms with Crippen molar-refractivity contribution in [1.29, 1.82) is 0 Å². The molecule has 0 aliphatic carbocycles. The molecule has 0 saturated carbocycles. The second-order valence-electron chi connectivity index (χ2n) is 8.30. The smallest absolute Gasteiger partial charge is 0.267 e. The van der Waals surface area contributed by atoms with E-state index in [1.165, 1.54) is 16.2 Å². The number of nitrogens with zero attached hydrogens (tertiary/aromatic N) is 5. The highest BCUT2D eigenvalue weighted by Gasteiger charge is 2.35. The van der Waals surface area contributed by atoms with Crippen molar-refractivity contribution in [2.24, 2.45) is 0 Å². The first-order valence-electron chi connectivity index (χ1n) is 10.8. The molecule has 168 valence electrons. The molecular formula is C22H25N5O3S2. The standard InChI is InChI=1S/C22H25N5O3S2/c1-24-8-10-25(11-9-24)19-16(20(28)26-7-3-2-6-18(26)23-19)13-17-21(29)27(22(31)32-17)14-15-5-4-12-30-15/h2-3,6-7,13,15H,4-5,8-12,14H2,1H3. The number of thioether (sulfide) groups is 1. The number of rotatable bonds is 4. The minimum Gasteiger partial charge on any atom is -0.376 e. The number of anilines is 1. The summed E-state index contributed by atoms with van der Waals surface area (Å²) >= 11 is 6.72. The van der Waals surface area contributed by atoms with Crippen molar-refractivity contribution >= 4 is 51.7 Å². The third kappa shape index (κ3) is 4.07. The summed E-state index contributed by atoms with van der Waals surface area (Å²) < 4.78 is 7.72. The number of carbonyl (C=O) groups is 1. The number of aromatic nitrogens is 2. The number of pyridine rings is 1. The summed E-state index contributed by atoms with van der Waals surface area (Å²) in [6.45, 7) is 4.50. The molecule has 1 unspecified atom stereocenters. The molecule has 0 bridgehead atoms. The molecule has 8 nitrogen and oxygen atoms in total. The van der Waals surface area contributed by atoms with Gasteiger partial charge in [-0.3, -0.25) is 18.9 Å². The Morgan fingerprint density at radius 1 is 1.25 bits per heavy atom. The van der Waals surface area contributed by atoms with Gasteiger partial charge in [-0.1, -0.05) is 30.0 Å². The minimum atomic E-state index is -0.186. The van der Waals surface area contributed by atoms with Crippen LogP contribution in [0.25, 0.3) is 11.7 Å². The van der Waals surface area contributed by atoms with Gasteiger partial charge >= 0.3 is 0 Å². The van der Waals surface area contributed by atoms with Gasteiger partial charge in [-0.25, -0.2) is 4.98 Å². The van der Waals surface area contributed by atoms with Crippen LogP contribution in [0, 0.1) is 0 Å². The second kappa shape index (κ2) is 8.93. The van der Waals surface area contributed by atoms with E-state index in [0.717, 1.165) is 45.6 Å². The first-order valence-corrected chi connectivity index (χ1v) is 12.1. The van der Waals surface area contributed by atoms with Crippen molar-refractivity contribution in [1.82, 2.24) is 19.2 Å². The maximum absolute atomic E-state index is 13.4. The van der Waals surface area contributed by atoms with E-state index in [1.807, 2.05) is 12.1 Å². The summed E-state index contributed by atoms with van der Waals surface area (Å²) in [7, 11) is 2.08. The molecule has 1 amide bonds. The van der Waals surface area contributed by atoms with Gasteiger partial charge in [0.25, 0.3) is 11.5 Å². The van der Waals surface area contributed by atoms with E-state index >= 15 is 0 Å². The fourth-order valence-electron chi connectivity index (χ4n) is 4.26. The van der Waals surface area contributed by atoms with Crippen molar-refractivity contribution in [3.63, 3.8) is 0 Å². The molecule has 3 aliphatic heterocycles. The van der Waals surface area contributed by atoms with Crippen LogP contribution in [0.3, 0.4) is 0 Å². The van der Waals surface area contributed by atoms with E-state index in [4.69, 9.17) is 21.9 Å². The summed E-state index contributed by atoms with van der Waals surface area (Å²) in [5.74, 6) is 0.455. The maximum Gasteiger partial charge on any atom is 0.267 e. The number of likely N-dealkylation sites (N-methyl/N-ethyl adjacent to an activating group) is 1. The molecule has 10 heteroatoms. The predicted octanol–water partition coefficient (Wildman–Crippen LogP) is 1.83. The summed E-state index contributed by atoms with van der Waals surface area (Å²) in [5, 5.41) is 0. The number of hydrogen-bond acceptors (Lipinski definition) is 8. The SMILES string of the molecule is CN1CCN(c2nc3ccccn3c(=O)c2C=C2SC(=S)N(CC3CCCO3)C2=O)CC1. The van der Waals surface area contributed by atoms with Crippen LogP contribution in [-0.2, 0) is 9.53 Å². The number of thiocarbonyl (C=S) groups is 1. The van der Waals surface area contributed by atoms with E-state index in [1.54, 1.807) is 23.2 Å². The fourth-order valence-corrected chi connectivity index (χ4v) is 5.51. The Balaban J connectivity index is 1.54. The quantitative estimate of drug-likeness (QED) is 0.494. The maximum atomic E-state index is 13.4. The monoisotopic (exact) mass is 471 g/mol. The highest BCUT2D eigenvalue weighted by Crippen LogP contribution is 2.34. The Labute approximate surface area is 195 Å². The van der Waals surface area contributed by atoms with Gasteiger partial charge in [0.15, 0.2) is 0 Å². The summed E-state index contributed by atoms with van der Waals surface area (Å²) in [6.07, 6.45) is 5.34. The van der Waals surface area contributed by atoms with Crippen LogP contribution in [0.15, 0.2) is 34.1 Å². The average Bonchev–Trinajstić information content (AvgIpc) is 3.40. The summed E-state index contributed by atoms with van der Waals surface area (Å²) in [4.78, 5) is 37.9. The van der Waals surface area contributed by atoms with Gasteiger partial charge in [-0.05, 0) is 38.1 Å². The molecule has 3 fully saturated rings. The Morgan fingerprint density at radius 2 is 2.06 bits per heavy atom. The molecular weight excluding hydrogens is 446 g/mol.